The van der Waals surface area contributed by atoms with Gasteiger partial charge < -0.3 is 0 Å². The zero-order valence-corrected chi connectivity index (χ0v) is 16.5. The Kier molecular flexibility index (Phi) is 7.08. The molecule has 3 aromatic rings. The fourth-order valence-corrected chi connectivity index (χ4v) is 3.61. The summed E-state index contributed by atoms with van der Waals surface area (Å²) in [6.45, 7) is 1.73. The van der Waals surface area contributed by atoms with Crippen LogP contribution in [0.5, 0.6) is 0 Å². The van der Waals surface area contributed by atoms with Crippen molar-refractivity contribution in [3.8, 4) is 22.3 Å². The quantitative estimate of drug-likeness (QED) is 0.267. The summed E-state index contributed by atoms with van der Waals surface area (Å²) in [4.78, 5) is 0. The first-order chi connectivity index (χ1) is 14.0. The molecule has 0 fully saturated rings. The van der Waals surface area contributed by atoms with E-state index in [1.807, 2.05) is 19.1 Å². The Hall–Kier alpha value is -2.62. The van der Waals surface area contributed by atoms with Gasteiger partial charge in [0, 0.05) is 11.6 Å². The normalized spacial score (nSPS) is 11.1. The average molecular weight is 400 g/mol. The van der Waals surface area contributed by atoms with Gasteiger partial charge in [0.15, 0.2) is 0 Å². The molecule has 0 aromatic heterocycles. The van der Waals surface area contributed by atoms with Crippen molar-refractivity contribution in [2.24, 2.45) is 0 Å². The Balaban J connectivity index is 1.77. The van der Waals surface area contributed by atoms with Crippen molar-refractivity contribution in [2.45, 2.75) is 39.0 Å². The lowest BCUT2D eigenvalue weighted by Gasteiger charge is -2.11. The lowest BCUT2D eigenvalue weighted by Crippen LogP contribution is -1.92. The third-order valence-electron chi connectivity index (χ3n) is 5.09. The Labute approximate surface area is 169 Å². The highest BCUT2D eigenvalue weighted by Crippen LogP contribution is 2.31. The number of hydrogen-bond donors (Lipinski definition) is 0. The van der Waals surface area contributed by atoms with E-state index in [2.05, 4.69) is 6.07 Å². The highest BCUT2D eigenvalue weighted by molar-refractivity contribution is 5.73. The van der Waals surface area contributed by atoms with E-state index in [1.165, 1.54) is 11.6 Å². The van der Waals surface area contributed by atoms with Crippen LogP contribution in [0.15, 0.2) is 54.6 Å². The molecule has 0 radical (unpaired) electrons. The third-order valence-corrected chi connectivity index (χ3v) is 5.09. The van der Waals surface area contributed by atoms with Gasteiger partial charge in [-0.25, -0.2) is 13.2 Å². The molecule has 0 saturated carbocycles. The number of alkyl halides is 1. The topological polar surface area (TPSA) is 0 Å². The molecule has 0 N–H and O–H groups in total. The molecule has 0 saturated heterocycles. The molecular weight excluding hydrogens is 376 g/mol. The van der Waals surface area contributed by atoms with E-state index in [4.69, 9.17) is 0 Å². The van der Waals surface area contributed by atoms with E-state index in [0.717, 1.165) is 60.6 Å². The van der Waals surface area contributed by atoms with E-state index in [9.17, 15) is 17.6 Å². The summed E-state index contributed by atoms with van der Waals surface area (Å²) in [6, 6.07) is 13.8. The predicted molar refractivity (Wildman–Crippen MR) is 110 cm³/mol. The summed E-state index contributed by atoms with van der Waals surface area (Å²) in [6.07, 6.45) is 4.51. The summed E-state index contributed by atoms with van der Waals surface area (Å²) in [7, 11) is 0. The van der Waals surface area contributed by atoms with Gasteiger partial charge in [0.25, 0.3) is 0 Å². The maximum Gasteiger partial charge on any atom is 0.131 e. The van der Waals surface area contributed by atoms with Crippen LogP contribution < -0.4 is 0 Å². The molecule has 0 atom stereocenters. The summed E-state index contributed by atoms with van der Waals surface area (Å²) < 4.78 is 53.7. The van der Waals surface area contributed by atoms with Crippen molar-refractivity contribution in [1.29, 1.82) is 0 Å². The van der Waals surface area contributed by atoms with Gasteiger partial charge in [0.1, 0.15) is 17.5 Å². The SMILES string of the molecule is Cc1cc(CCCCCCF)ccc1-c1ccc(-c2cc(F)cc(F)c2)c(F)c1. The zero-order valence-electron chi connectivity index (χ0n) is 16.5. The molecule has 0 spiro atoms. The lowest BCUT2D eigenvalue weighted by atomic mass is 9.94. The predicted octanol–water partition coefficient (Wildman–Crippen LogP) is 7.82. The summed E-state index contributed by atoms with van der Waals surface area (Å²) in [5.41, 5.74) is 4.22. The number of aryl methyl sites for hydroxylation is 2. The van der Waals surface area contributed by atoms with Gasteiger partial charge in [-0.15, -0.1) is 0 Å². The molecule has 0 aliphatic carbocycles. The molecule has 0 bridgehead atoms. The van der Waals surface area contributed by atoms with Crippen LogP contribution in [0.1, 0.15) is 36.8 Å². The van der Waals surface area contributed by atoms with E-state index < -0.39 is 17.5 Å². The first kappa shape index (κ1) is 21.1. The van der Waals surface area contributed by atoms with Crippen LogP contribution >= 0.6 is 0 Å². The summed E-state index contributed by atoms with van der Waals surface area (Å²) in [5, 5.41) is 0. The van der Waals surface area contributed by atoms with Crippen LogP contribution in [0.25, 0.3) is 22.3 Å². The van der Waals surface area contributed by atoms with Gasteiger partial charge in [0.05, 0.1) is 6.67 Å². The van der Waals surface area contributed by atoms with Gasteiger partial charge >= 0.3 is 0 Å². The molecule has 0 nitrogen and oxygen atoms in total. The number of rotatable bonds is 8. The Morgan fingerprint density at radius 2 is 1.34 bits per heavy atom. The minimum atomic E-state index is -0.736. The van der Waals surface area contributed by atoms with E-state index in [1.54, 1.807) is 12.1 Å². The van der Waals surface area contributed by atoms with Crippen molar-refractivity contribution >= 4 is 0 Å². The largest absolute Gasteiger partial charge is 0.251 e. The van der Waals surface area contributed by atoms with Gasteiger partial charge in [-0.1, -0.05) is 43.2 Å². The van der Waals surface area contributed by atoms with Crippen LogP contribution in [0, 0.1) is 24.4 Å². The molecule has 0 aliphatic heterocycles. The van der Waals surface area contributed by atoms with E-state index in [-0.39, 0.29) is 17.8 Å². The van der Waals surface area contributed by atoms with Gasteiger partial charge in [-0.3, -0.25) is 4.39 Å². The molecule has 0 amide bonds. The van der Waals surface area contributed by atoms with Crippen LogP contribution in [0.3, 0.4) is 0 Å². The van der Waals surface area contributed by atoms with Crippen LogP contribution in [-0.2, 0) is 6.42 Å². The maximum atomic E-state index is 14.7. The minimum Gasteiger partial charge on any atom is -0.251 e. The van der Waals surface area contributed by atoms with Crippen LogP contribution in [-0.4, -0.2) is 6.67 Å². The highest BCUT2D eigenvalue weighted by atomic mass is 19.1. The zero-order chi connectivity index (χ0) is 20.8. The molecule has 152 valence electrons. The number of benzene rings is 3. The van der Waals surface area contributed by atoms with Crippen molar-refractivity contribution in [2.75, 3.05) is 6.67 Å². The molecule has 0 aliphatic rings. The average Bonchev–Trinajstić information content (AvgIpc) is 2.67. The monoisotopic (exact) mass is 400 g/mol. The smallest absolute Gasteiger partial charge is 0.131 e. The van der Waals surface area contributed by atoms with Gasteiger partial charge in [-0.2, -0.15) is 0 Å². The lowest BCUT2D eigenvalue weighted by molar-refractivity contribution is 0.453. The van der Waals surface area contributed by atoms with Crippen molar-refractivity contribution in [1.82, 2.24) is 0 Å². The molecular formula is C25H24F4. The molecule has 0 heterocycles. The number of hydrogen-bond acceptors (Lipinski definition) is 0. The fraction of sp³-hybridized carbons (Fsp3) is 0.280. The van der Waals surface area contributed by atoms with Crippen LogP contribution in [0.2, 0.25) is 0 Å². The standard InChI is InChI=1S/C25H24F4/c1-17-12-18(6-4-2-3-5-11-26)7-9-23(17)19-8-10-24(25(29)15-19)20-13-21(27)16-22(28)14-20/h7-10,12-16H,2-6,11H2,1H3. The van der Waals surface area contributed by atoms with Crippen molar-refractivity contribution in [3.05, 3.63) is 83.2 Å². The third kappa shape index (κ3) is 5.47. The minimum absolute atomic E-state index is 0.162. The first-order valence-electron chi connectivity index (χ1n) is 9.90. The van der Waals surface area contributed by atoms with Crippen molar-refractivity contribution < 1.29 is 17.6 Å². The molecule has 4 heteroatoms. The highest BCUT2D eigenvalue weighted by Gasteiger charge is 2.11. The second kappa shape index (κ2) is 9.73. The van der Waals surface area contributed by atoms with E-state index in [0.29, 0.717) is 6.42 Å². The Morgan fingerprint density at radius 1 is 0.655 bits per heavy atom. The van der Waals surface area contributed by atoms with Crippen molar-refractivity contribution in [3.63, 3.8) is 0 Å². The van der Waals surface area contributed by atoms with E-state index >= 15 is 0 Å². The second-order valence-electron chi connectivity index (χ2n) is 7.36. The number of halogens is 4. The second-order valence-corrected chi connectivity index (χ2v) is 7.36. The molecule has 3 aromatic carbocycles. The Bertz CT molecular complexity index is 958. The first-order valence-corrected chi connectivity index (χ1v) is 9.90. The van der Waals surface area contributed by atoms with Gasteiger partial charge in [0.2, 0.25) is 0 Å². The fourth-order valence-electron chi connectivity index (χ4n) is 3.61. The summed E-state index contributed by atoms with van der Waals surface area (Å²) >= 11 is 0. The molecule has 0 unspecified atom stereocenters. The molecule has 3 rings (SSSR count). The van der Waals surface area contributed by atoms with Crippen LogP contribution in [0.4, 0.5) is 17.6 Å². The maximum absolute atomic E-state index is 14.7. The molecule has 29 heavy (non-hydrogen) atoms. The van der Waals surface area contributed by atoms with Gasteiger partial charge in [-0.05, 0) is 72.2 Å². The number of unbranched alkanes of at least 4 members (excludes halogenated alkanes) is 3. The summed E-state index contributed by atoms with van der Waals surface area (Å²) in [5.74, 6) is -2.00. The Morgan fingerprint density at radius 3 is 2.00 bits per heavy atom.